The minimum atomic E-state index is -0.0579. The molecule has 27 heavy (non-hydrogen) atoms. The van der Waals surface area contributed by atoms with Crippen LogP contribution in [0.15, 0.2) is 72.9 Å². The van der Waals surface area contributed by atoms with Gasteiger partial charge in [-0.25, -0.2) is 4.98 Å². The number of nitrogens with zero attached hydrogens (tertiary/aromatic N) is 2. The molecule has 0 saturated carbocycles. The summed E-state index contributed by atoms with van der Waals surface area (Å²) in [4.78, 5) is 17.5. The maximum Gasteiger partial charge on any atom is 0.229 e. The number of amides is 1. The molecule has 1 amide bonds. The van der Waals surface area contributed by atoms with Gasteiger partial charge in [-0.1, -0.05) is 53.6 Å². The third kappa shape index (κ3) is 3.60. The first-order valence-corrected chi connectivity index (χ1v) is 9.00. The first kappa shape index (κ1) is 17.0. The highest BCUT2D eigenvalue weighted by molar-refractivity contribution is 5.95. The third-order valence-corrected chi connectivity index (χ3v) is 4.49. The molecule has 2 aromatic carbocycles. The molecule has 0 spiro atoms. The van der Waals surface area contributed by atoms with E-state index < -0.39 is 0 Å². The Morgan fingerprint density at radius 3 is 2.41 bits per heavy atom. The van der Waals surface area contributed by atoms with Crippen LogP contribution < -0.4 is 5.32 Å². The highest BCUT2D eigenvalue weighted by Gasteiger charge is 2.17. The van der Waals surface area contributed by atoms with E-state index in [4.69, 9.17) is 4.98 Å². The Bertz CT molecular complexity index is 1090. The number of imidazole rings is 1. The van der Waals surface area contributed by atoms with Crippen LogP contribution in [-0.4, -0.2) is 15.3 Å². The minimum Gasteiger partial charge on any atom is -0.310 e. The molecular weight excluding hydrogens is 334 g/mol. The number of aromatic nitrogens is 2. The van der Waals surface area contributed by atoms with E-state index in [0.29, 0.717) is 12.2 Å². The van der Waals surface area contributed by atoms with Gasteiger partial charge in [0.05, 0.1) is 6.42 Å². The lowest BCUT2D eigenvalue weighted by molar-refractivity contribution is -0.115. The number of nitrogens with one attached hydrogen (secondary N) is 1. The topological polar surface area (TPSA) is 46.4 Å². The van der Waals surface area contributed by atoms with Gasteiger partial charge in [-0.05, 0) is 43.7 Å². The zero-order chi connectivity index (χ0) is 18.8. The summed E-state index contributed by atoms with van der Waals surface area (Å²) in [5, 5.41) is 3.08. The van der Waals surface area contributed by atoms with E-state index in [9.17, 15) is 4.79 Å². The number of benzene rings is 2. The number of hydrogen-bond acceptors (Lipinski definition) is 2. The van der Waals surface area contributed by atoms with Crippen molar-refractivity contribution in [1.29, 1.82) is 0 Å². The van der Waals surface area contributed by atoms with Crippen LogP contribution in [-0.2, 0) is 11.2 Å². The van der Waals surface area contributed by atoms with Crippen molar-refractivity contribution in [3.05, 3.63) is 89.6 Å². The normalized spacial score (nSPS) is 10.9. The Morgan fingerprint density at radius 2 is 1.67 bits per heavy atom. The molecule has 0 aliphatic carbocycles. The number of carbonyl (C=O) groups excluding carboxylic acids is 1. The fourth-order valence-electron chi connectivity index (χ4n) is 3.39. The van der Waals surface area contributed by atoms with Crippen LogP contribution in [0.25, 0.3) is 16.9 Å². The number of fused-ring (bicyclic) bond motifs is 1. The largest absolute Gasteiger partial charge is 0.310 e. The maximum absolute atomic E-state index is 12.7. The molecule has 0 atom stereocenters. The number of hydrogen-bond donors (Lipinski definition) is 1. The summed E-state index contributed by atoms with van der Waals surface area (Å²) in [6, 6.07) is 21.9. The number of anilines is 1. The van der Waals surface area contributed by atoms with Gasteiger partial charge in [0.2, 0.25) is 5.91 Å². The van der Waals surface area contributed by atoms with Crippen LogP contribution in [0.5, 0.6) is 0 Å². The number of rotatable bonds is 4. The molecule has 4 nitrogen and oxygen atoms in total. The molecule has 0 saturated heterocycles. The van der Waals surface area contributed by atoms with Crippen molar-refractivity contribution in [2.75, 3.05) is 5.32 Å². The van der Waals surface area contributed by atoms with Gasteiger partial charge < -0.3 is 5.32 Å². The van der Waals surface area contributed by atoms with E-state index in [-0.39, 0.29) is 5.91 Å². The lowest BCUT2D eigenvalue weighted by atomic mass is 10.0. The van der Waals surface area contributed by atoms with Crippen molar-refractivity contribution in [3.63, 3.8) is 0 Å². The van der Waals surface area contributed by atoms with Crippen LogP contribution >= 0.6 is 0 Å². The lowest BCUT2D eigenvalue weighted by Crippen LogP contribution is -2.16. The molecule has 4 aromatic rings. The van der Waals surface area contributed by atoms with E-state index in [1.807, 2.05) is 59.1 Å². The standard InChI is InChI=1S/C23H21N3O/c1-16-12-17(2)14-19(13-16)22-23(26-11-7-6-10-20(26)24-22)25-21(27)15-18-8-4-3-5-9-18/h3-14H,15H2,1-2H3,(H,25,27). The van der Waals surface area contributed by atoms with Crippen molar-refractivity contribution >= 4 is 17.4 Å². The summed E-state index contributed by atoms with van der Waals surface area (Å²) >= 11 is 0. The van der Waals surface area contributed by atoms with Crippen molar-refractivity contribution in [3.8, 4) is 11.3 Å². The SMILES string of the molecule is Cc1cc(C)cc(-c2nc3ccccn3c2NC(=O)Cc2ccccc2)c1. The summed E-state index contributed by atoms with van der Waals surface area (Å²) in [5.41, 5.74) is 5.92. The third-order valence-electron chi connectivity index (χ3n) is 4.49. The van der Waals surface area contributed by atoms with Gasteiger partial charge in [0.25, 0.3) is 0 Å². The van der Waals surface area contributed by atoms with Crippen molar-refractivity contribution in [2.45, 2.75) is 20.3 Å². The second kappa shape index (κ2) is 7.08. The second-order valence-electron chi connectivity index (χ2n) is 6.82. The first-order valence-electron chi connectivity index (χ1n) is 9.00. The summed E-state index contributed by atoms with van der Waals surface area (Å²) in [7, 11) is 0. The predicted molar refractivity (Wildman–Crippen MR) is 109 cm³/mol. The molecule has 4 heteroatoms. The number of aryl methyl sites for hydroxylation is 2. The molecular formula is C23H21N3O. The zero-order valence-electron chi connectivity index (χ0n) is 15.4. The summed E-state index contributed by atoms with van der Waals surface area (Å²) in [6.07, 6.45) is 2.25. The average molecular weight is 355 g/mol. The van der Waals surface area contributed by atoms with E-state index in [1.54, 1.807) is 0 Å². The van der Waals surface area contributed by atoms with Crippen LogP contribution in [0.4, 0.5) is 5.82 Å². The van der Waals surface area contributed by atoms with Gasteiger partial charge >= 0.3 is 0 Å². The van der Waals surface area contributed by atoms with Crippen LogP contribution in [0.3, 0.4) is 0 Å². The predicted octanol–water partition coefficient (Wildman–Crippen LogP) is 4.80. The molecule has 2 heterocycles. The van der Waals surface area contributed by atoms with E-state index in [2.05, 4.69) is 37.4 Å². The molecule has 0 unspecified atom stereocenters. The van der Waals surface area contributed by atoms with Crippen LogP contribution in [0, 0.1) is 13.8 Å². The van der Waals surface area contributed by atoms with Gasteiger partial charge in [-0.15, -0.1) is 0 Å². The second-order valence-corrected chi connectivity index (χ2v) is 6.82. The molecule has 134 valence electrons. The van der Waals surface area contributed by atoms with Crippen LogP contribution in [0.2, 0.25) is 0 Å². The maximum atomic E-state index is 12.7. The molecule has 0 fully saturated rings. The Hall–Kier alpha value is -3.40. The van der Waals surface area contributed by atoms with Gasteiger partial charge in [-0.3, -0.25) is 9.20 Å². The zero-order valence-corrected chi connectivity index (χ0v) is 15.4. The van der Waals surface area contributed by atoms with E-state index in [1.165, 1.54) is 11.1 Å². The average Bonchev–Trinajstić information content (AvgIpc) is 3.00. The Kier molecular flexibility index (Phi) is 4.47. The van der Waals surface area contributed by atoms with Crippen molar-refractivity contribution < 1.29 is 4.79 Å². The fourth-order valence-corrected chi connectivity index (χ4v) is 3.39. The summed E-state index contributed by atoms with van der Waals surface area (Å²) in [6.45, 7) is 4.14. The highest BCUT2D eigenvalue weighted by Crippen LogP contribution is 2.30. The minimum absolute atomic E-state index is 0.0579. The monoisotopic (exact) mass is 355 g/mol. The fraction of sp³-hybridized carbons (Fsp3) is 0.130. The Labute approximate surface area is 158 Å². The summed E-state index contributed by atoms with van der Waals surface area (Å²) in [5.74, 6) is 0.647. The van der Waals surface area contributed by atoms with Gasteiger partial charge in [0.15, 0.2) is 0 Å². The molecule has 0 aliphatic heterocycles. The number of pyridine rings is 1. The lowest BCUT2D eigenvalue weighted by Gasteiger charge is -2.09. The summed E-state index contributed by atoms with van der Waals surface area (Å²) < 4.78 is 1.93. The van der Waals surface area contributed by atoms with Crippen molar-refractivity contribution in [2.24, 2.45) is 0 Å². The Balaban J connectivity index is 1.75. The highest BCUT2D eigenvalue weighted by atomic mass is 16.1. The first-order chi connectivity index (χ1) is 13.1. The number of carbonyl (C=O) groups is 1. The Morgan fingerprint density at radius 1 is 0.963 bits per heavy atom. The van der Waals surface area contributed by atoms with Gasteiger partial charge in [0.1, 0.15) is 17.2 Å². The molecule has 0 bridgehead atoms. The van der Waals surface area contributed by atoms with Gasteiger partial charge in [-0.2, -0.15) is 0 Å². The molecule has 2 aromatic heterocycles. The van der Waals surface area contributed by atoms with Crippen molar-refractivity contribution in [1.82, 2.24) is 9.38 Å². The van der Waals surface area contributed by atoms with E-state index >= 15 is 0 Å². The molecule has 4 rings (SSSR count). The van der Waals surface area contributed by atoms with Gasteiger partial charge in [0, 0.05) is 11.8 Å². The molecule has 0 aliphatic rings. The smallest absolute Gasteiger partial charge is 0.229 e. The molecule has 0 radical (unpaired) electrons. The molecule has 1 N–H and O–H groups in total. The van der Waals surface area contributed by atoms with E-state index in [0.717, 1.165) is 22.5 Å². The quantitative estimate of drug-likeness (QED) is 0.571. The van der Waals surface area contributed by atoms with Crippen LogP contribution in [0.1, 0.15) is 16.7 Å².